The van der Waals surface area contributed by atoms with E-state index >= 15 is 0 Å². The molecule has 7 heteroatoms. The minimum absolute atomic E-state index is 0.183. The molecule has 0 aliphatic heterocycles. The molecule has 1 saturated carbocycles. The van der Waals surface area contributed by atoms with Gasteiger partial charge in [-0.25, -0.2) is 9.59 Å². The predicted molar refractivity (Wildman–Crippen MR) is 118 cm³/mol. The number of ether oxygens (including phenoxy) is 2. The third-order valence-electron chi connectivity index (χ3n) is 5.33. The zero-order valence-electron chi connectivity index (χ0n) is 17.9. The molecule has 1 aromatic carbocycles. The van der Waals surface area contributed by atoms with E-state index in [4.69, 9.17) is 27.5 Å². The number of hydrogen-bond donors (Lipinski definition) is 1. The Bertz CT molecular complexity index is 831. The highest BCUT2D eigenvalue weighted by atomic mass is 35.5. The average molecular weight is 433 g/mol. The monoisotopic (exact) mass is 432 g/mol. The van der Waals surface area contributed by atoms with Gasteiger partial charge in [0.25, 0.3) is 0 Å². The summed E-state index contributed by atoms with van der Waals surface area (Å²) in [5.41, 5.74) is 3.21. The molecule has 0 spiro atoms. The van der Waals surface area contributed by atoms with Crippen molar-refractivity contribution in [1.82, 2.24) is 0 Å². The molecule has 0 radical (unpaired) electrons. The molecule has 1 aliphatic rings. The van der Waals surface area contributed by atoms with Crippen LogP contribution in [-0.2, 0) is 14.3 Å². The summed E-state index contributed by atoms with van der Waals surface area (Å²) in [6, 6.07) is 6.57. The van der Waals surface area contributed by atoms with Gasteiger partial charge < -0.3 is 9.47 Å². The number of nitrogens with zero attached hydrogens (tertiary/aromatic N) is 1. The van der Waals surface area contributed by atoms with Gasteiger partial charge in [-0.1, -0.05) is 56.8 Å². The molecule has 4 atom stereocenters. The van der Waals surface area contributed by atoms with Gasteiger partial charge in [0.05, 0.1) is 11.3 Å². The lowest BCUT2D eigenvalue weighted by molar-refractivity contribution is -0.147. The number of hydrazone groups is 1. The highest BCUT2D eigenvalue weighted by Crippen LogP contribution is 2.35. The van der Waals surface area contributed by atoms with Crippen LogP contribution in [0.15, 0.2) is 29.4 Å². The van der Waals surface area contributed by atoms with E-state index < -0.39 is 18.0 Å². The Morgan fingerprint density at radius 1 is 1.27 bits per heavy atom. The number of nitrogens with one attached hydrogen (secondary N) is 1. The topological polar surface area (TPSA) is 77.0 Å². The molecule has 2 rings (SSSR count). The maximum Gasteiger partial charge on any atom is 0.370 e. The first-order valence-corrected chi connectivity index (χ1v) is 10.6. The number of rotatable bonds is 7. The molecule has 1 fully saturated rings. The van der Waals surface area contributed by atoms with Crippen LogP contribution in [0.1, 0.15) is 57.3 Å². The second-order valence-electron chi connectivity index (χ2n) is 8.04. The van der Waals surface area contributed by atoms with Crippen LogP contribution in [0.25, 0.3) is 0 Å². The van der Waals surface area contributed by atoms with E-state index in [1.165, 1.54) is 0 Å². The number of halogens is 1. The number of benzene rings is 1. The molecular weight excluding hydrogens is 404 g/mol. The highest BCUT2D eigenvalue weighted by Gasteiger charge is 2.34. The minimum atomic E-state index is -0.685. The summed E-state index contributed by atoms with van der Waals surface area (Å²) in [5.74, 6) is 2.25. The fourth-order valence-corrected chi connectivity index (χ4v) is 3.69. The van der Waals surface area contributed by atoms with Gasteiger partial charge in [0, 0.05) is 0 Å². The third kappa shape index (κ3) is 6.50. The van der Waals surface area contributed by atoms with Gasteiger partial charge in [0.15, 0.2) is 6.10 Å². The second-order valence-corrected chi connectivity index (χ2v) is 8.40. The molecule has 30 heavy (non-hydrogen) atoms. The molecule has 1 aliphatic carbocycles. The fourth-order valence-electron chi connectivity index (χ4n) is 3.61. The van der Waals surface area contributed by atoms with E-state index in [1.807, 2.05) is 0 Å². The zero-order chi connectivity index (χ0) is 22.3. The Balaban J connectivity index is 2.07. The number of terminal acetylenes is 1. The predicted octanol–water partition coefficient (Wildman–Crippen LogP) is 4.83. The van der Waals surface area contributed by atoms with Crippen LogP contribution in [0, 0.1) is 30.1 Å². The Morgan fingerprint density at radius 2 is 1.97 bits per heavy atom. The number of esters is 2. The molecular formula is C23H29ClN2O4. The van der Waals surface area contributed by atoms with Gasteiger partial charge in [0.1, 0.15) is 6.10 Å². The summed E-state index contributed by atoms with van der Waals surface area (Å²) in [6.45, 7) is 8.02. The lowest BCUT2D eigenvalue weighted by atomic mass is 9.75. The summed E-state index contributed by atoms with van der Waals surface area (Å²) in [6.07, 6.45) is 7.37. The summed E-state index contributed by atoms with van der Waals surface area (Å²) in [4.78, 5) is 24.7. The molecule has 6 nitrogen and oxygen atoms in total. The molecule has 1 aromatic rings. The Hall–Kier alpha value is -2.52. The number of anilines is 1. The molecule has 0 unspecified atom stereocenters. The lowest BCUT2D eigenvalue weighted by Gasteiger charge is -2.36. The van der Waals surface area contributed by atoms with Gasteiger partial charge in [-0.2, -0.15) is 5.10 Å². The number of para-hydroxylation sites is 1. The molecule has 162 valence electrons. The number of carbonyl (C=O) groups excluding carboxylic acids is 2. The molecule has 0 amide bonds. The summed E-state index contributed by atoms with van der Waals surface area (Å²) in [5, 5.41) is 3.56. The first-order chi connectivity index (χ1) is 14.2. The van der Waals surface area contributed by atoms with Crippen molar-refractivity contribution < 1.29 is 19.1 Å². The second kappa shape index (κ2) is 11.0. The molecule has 0 saturated heterocycles. The third-order valence-corrected chi connectivity index (χ3v) is 5.57. The zero-order valence-corrected chi connectivity index (χ0v) is 18.6. The lowest BCUT2D eigenvalue weighted by Crippen LogP contribution is -2.37. The van der Waals surface area contributed by atoms with E-state index in [1.54, 1.807) is 31.2 Å². The van der Waals surface area contributed by atoms with E-state index in [-0.39, 0.29) is 16.8 Å². The van der Waals surface area contributed by atoms with Gasteiger partial charge >= 0.3 is 11.9 Å². The fraction of sp³-hybridized carbons (Fsp3) is 0.522. The maximum atomic E-state index is 12.5. The van der Waals surface area contributed by atoms with Crippen LogP contribution in [0.4, 0.5) is 5.69 Å². The van der Waals surface area contributed by atoms with Crippen molar-refractivity contribution in [2.75, 3.05) is 5.43 Å². The maximum absolute atomic E-state index is 12.5. The summed E-state index contributed by atoms with van der Waals surface area (Å²) in [7, 11) is 0. The van der Waals surface area contributed by atoms with E-state index in [9.17, 15) is 9.59 Å². The van der Waals surface area contributed by atoms with Crippen molar-refractivity contribution in [3.63, 3.8) is 0 Å². The van der Waals surface area contributed by atoms with Crippen molar-refractivity contribution in [1.29, 1.82) is 0 Å². The van der Waals surface area contributed by atoms with Crippen molar-refractivity contribution in [2.45, 2.75) is 59.2 Å². The Kier molecular flexibility index (Phi) is 8.73. The smallest absolute Gasteiger partial charge is 0.370 e. The van der Waals surface area contributed by atoms with Gasteiger partial charge in [0.2, 0.25) is 5.17 Å². The quantitative estimate of drug-likeness (QED) is 0.289. The van der Waals surface area contributed by atoms with Crippen LogP contribution in [-0.4, -0.2) is 29.3 Å². The first-order valence-electron chi connectivity index (χ1n) is 10.2. The molecule has 0 heterocycles. The SMILES string of the molecule is C#C[C@@H](C)OC(=O)c1ccccc1N/N=C(\Cl)C(=O)O[C@@H]1C[C@H](C)CC[C@H]1C(C)C. The standard InChI is InChI=1S/C23H29ClN2O4/c1-6-16(5)29-22(27)18-9-7-8-10-19(18)25-26-21(24)23(28)30-20-13-15(4)11-12-17(20)14(2)3/h1,7-10,14-17,20,25H,11-13H2,2-5H3/b26-21-/t15-,16-,17+,20-/m1/s1. The highest BCUT2D eigenvalue weighted by molar-refractivity contribution is 6.82. The van der Waals surface area contributed by atoms with Crippen LogP contribution in [0.3, 0.4) is 0 Å². The Morgan fingerprint density at radius 3 is 2.63 bits per heavy atom. The van der Waals surface area contributed by atoms with Gasteiger partial charge in [-0.3, -0.25) is 5.43 Å². The van der Waals surface area contributed by atoms with Crippen molar-refractivity contribution >= 4 is 34.4 Å². The average Bonchev–Trinajstić information content (AvgIpc) is 2.71. The van der Waals surface area contributed by atoms with Crippen molar-refractivity contribution in [3.8, 4) is 12.3 Å². The van der Waals surface area contributed by atoms with Crippen LogP contribution in [0.5, 0.6) is 0 Å². The van der Waals surface area contributed by atoms with Crippen LogP contribution < -0.4 is 5.43 Å². The largest absolute Gasteiger partial charge is 0.457 e. The Labute approximate surface area is 183 Å². The number of hydrogen-bond acceptors (Lipinski definition) is 6. The van der Waals surface area contributed by atoms with E-state index in [2.05, 4.69) is 37.2 Å². The first kappa shape index (κ1) is 23.8. The van der Waals surface area contributed by atoms with Crippen molar-refractivity contribution in [3.05, 3.63) is 29.8 Å². The van der Waals surface area contributed by atoms with Crippen LogP contribution >= 0.6 is 11.6 Å². The van der Waals surface area contributed by atoms with Gasteiger partial charge in [-0.05, 0) is 49.7 Å². The summed E-state index contributed by atoms with van der Waals surface area (Å²) < 4.78 is 10.8. The van der Waals surface area contributed by atoms with Gasteiger partial charge in [-0.15, -0.1) is 6.42 Å². The van der Waals surface area contributed by atoms with E-state index in [0.717, 1.165) is 19.3 Å². The molecule has 0 aromatic heterocycles. The minimum Gasteiger partial charge on any atom is -0.457 e. The summed E-state index contributed by atoms with van der Waals surface area (Å²) >= 11 is 6.07. The van der Waals surface area contributed by atoms with E-state index in [0.29, 0.717) is 23.4 Å². The number of carbonyl (C=O) groups is 2. The molecule has 1 N–H and O–H groups in total. The molecule has 0 bridgehead atoms. The van der Waals surface area contributed by atoms with Crippen LogP contribution in [0.2, 0.25) is 0 Å². The van der Waals surface area contributed by atoms with Crippen molar-refractivity contribution in [2.24, 2.45) is 22.9 Å². The normalized spacial score (nSPS) is 22.7.